The van der Waals surface area contributed by atoms with E-state index in [1.54, 1.807) is 0 Å². The molecule has 0 spiro atoms. The van der Waals surface area contributed by atoms with Crippen LogP contribution in [0.15, 0.2) is 18.2 Å². The molecule has 146 valence electrons. The Balaban J connectivity index is 1.32. The molecule has 0 aliphatic carbocycles. The van der Waals surface area contributed by atoms with Gasteiger partial charge in [0.25, 0.3) is 0 Å². The first-order valence-electron chi connectivity index (χ1n) is 9.62. The Labute approximate surface area is 158 Å². The number of ether oxygens (including phenoxy) is 3. The smallest absolute Gasteiger partial charge is 0.309 e. The minimum Gasteiger partial charge on any atom is -0.486 e. The van der Waals surface area contributed by atoms with Crippen molar-refractivity contribution in [1.82, 2.24) is 4.90 Å². The second kappa shape index (κ2) is 7.76. The fourth-order valence-electron chi connectivity index (χ4n) is 4.30. The van der Waals surface area contributed by atoms with Gasteiger partial charge in [0.15, 0.2) is 11.5 Å². The van der Waals surface area contributed by atoms with E-state index in [0.29, 0.717) is 51.5 Å². The Morgan fingerprint density at radius 1 is 1.04 bits per heavy atom. The van der Waals surface area contributed by atoms with E-state index in [-0.39, 0.29) is 17.9 Å². The lowest BCUT2D eigenvalue weighted by Gasteiger charge is -2.35. The number of amides is 1. The fraction of sp³-hybridized carbons (Fsp3) is 0.600. The van der Waals surface area contributed by atoms with Crippen molar-refractivity contribution in [2.45, 2.75) is 31.8 Å². The van der Waals surface area contributed by atoms with Gasteiger partial charge in [0.1, 0.15) is 13.2 Å². The number of carboxylic acid groups (broad SMARTS) is 1. The minimum absolute atomic E-state index is 0.0900. The molecule has 3 heterocycles. The third kappa shape index (κ3) is 3.88. The molecule has 1 aromatic carbocycles. The molecule has 2 fully saturated rings. The zero-order chi connectivity index (χ0) is 18.8. The van der Waals surface area contributed by atoms with Gasteiger partial charge >= 0.3 is 5.97 Å². The van der Waals surface area contributed by atoms with Crippen LogP contribution in [0.2, 0.25) is 0 Å². The van der Waals surface area contributed by atoms with Crippen molar-refractivity contribution in [2.24, 2.45) is 11.8 Å². The average Bonchev–Trinajstić information content (AvgIpc) is 3.18. The van der Waals surface area contributed by atoms with E-state index in [0.717, 1.165) is 24.2 Å². The van der Waals surface area contributed by atoms with E-state index in [1.807, 2.05) is 23.1 Å². The van der Waals surface area contributed by atoms with Gasteiger partial charge in [0, 0.05) is 19.7 Å². The lowest BCUT2D eigenvalue weighted by Crippen LogP contribution is -2.43. The predicted molar refractivity (Wildman–Crippen MR) is 95.9 cm³/mol. The molecule has 0 bridgehead atoms. The van der Waals surface area contributed by atoms with E-state index in [1.165, 1.54) is 0 Å². The maximum atomic E-state index is 12.7. The number of nitrogens with zero attached hydrogens (tertiary/aromatic N) is 1. The lowest BCUT2D eigenvalue weighted by atomic mass is 9.84. The van der Waals surface area contributed by atoms with Crippen molar-refractivity contribution in [3.8, 4) is 11.5 Å². The summed E-state index contributed by atoms with van der Waals surface area (Å²) in [4.78, 5) is 25.9. The van der Waals surface area contributed by atoms with Crippen molar-refractivity contribution >= 4 is 11.9 Å². The normalized spacial score (nSPS) is 25.4. The second-order valence-electron chi connectivity index (χ2n) is 7.44. The number of likely N-dealkylation sites (tertiary alicyclic amines) is 1. The molecule has 0 radical (unpaired) electrons. The Morgan fingerprint density at radius 3 is 2.52 bits per heavy atom. The summed E-state index contributed by atoms with van der Waals surface area (Å²) >= 11 is 0. The van der Waals surface area contributed by atoms with Crippen LogP contribution in [0.3, 0.4) is 0 Å². The topological polar surface area (TPSA) is 85.3 Å². The zero-order valence-corrected chi connectivity index (χ0v) is 15.3. The number of carbonyl (C=O) groups excluding carboxylic acids is 1. The number of benzene rings is 1. The summed E-state index contributed by atoms with van der Waals surface area (Å²) in [5.41, 5.74) is 0.913. The predicted octanol–water partition coefficient (Wildman–Crippen LogP) is 1.73. The van der Waals surface area contributed by atoms with Gasteiger partial charge in [-0.1, -0.05) is 6.07 Å². The van der Waals surface area contributed by atoms with Gasteiger partial charge in [0.05, 0.1) is 18.4 Å². The van der Waals surface area contributed by atoms with Crippen molar-refractivity contribution in [3.63, 3.8) is 0 Å². The van der Waals surface area contributed by atoms with Crippen LogP contribution in [-0.4, -0.2) is 60.9 Å². The minimum atomic E-state index is -0.769. The standard InChI is InChI=1S/C20H25NO6/c22-18(12-13-1-2-16-17(11-13)26-10-9-25-16)21-6-3-14(4-7-21)19-15(20(23)24)5-8-27-19/h1-2,11,14-15,19H,3-10,12H2,(H,23,24)/t15?,19-/m0/s1. The van der Waals surface area contributed by atoms with Gasteiger partial charge in [-0.05, 0) is 42.9 Å². The van der Waals surface area contributed by atoms with E-state index >= 15 is 0 Å². The average molecular weight is 375 g/mol. The summed E-state index contributed by atoms with van der Waals surface area (Å²) in [6.45, 7) is 2.90. The number of aliphatic carboxylic acids is 1. The molecule has 0 saturated carbocycles. The molecule has 7 nitrogen and oxygen atoms in total. The largest absolute Gasteiger partial charge is 0.486 e. The van der Waals surface area contributed by atoms with Crippen LogP contribution in [0.25, 0.3) is 0 Å². The molecule has 4 rings (SSSR count). The highest BCUT2D eigenvalue weighted by Gasteiger charge is 2.40. The van der Waals surface area contributed by atoms with Crippen LogP contribution in [0.1, 0.15) is 24.8 Å². The Hall–Kier alpha value is -2.28. The van der Waals surface area contributed by atoms with Gasteiger partial charge in [0.2, 0.25) is 5.91 Å². The molecular weight excluding hydrogens is 350 g/mol. The molecule has 3 aliphatic heterocycles. The molecule has 27 heavy (non-hydrogen) atoms. The van der Waals surface area contributed by atoms with Crippen LogP contribution in [0.5, 0.6) is 11.5 Å². The van der Waals surface area contributed by atoms with Crippen molar-refractivity contribution in [3.05, 3.63) is 23.8 Å². The first-order valence-corrected chi connectivity index (χ1v) is 9.62. The number of hydrogen-bond donors (Lipinski definition) is 1. The van der Waals surface area contributed by atoms with E-state index < -0.39 is 11.9 Å². The Kier molecular flexibility index (Phi) is 5.20. The van der Waals surface area contributed by atoms with Gasteiger partial charge in [-0.2, -0.15) is 0 Å². The van der Waals surface area contributed by atoms with E-state index in [9.17, 15) is 14.7 Å². The first kappa shape index (κ1) is 18.1. The summed E-state index contributed by atoms with van der Waals surface area (Å²) < 4.78 is 16.8. The first-order chi connectivity index (χ1) is 13.1. The van der Waals surface area contributed by atoms with Crippen molar-refractivity contribution in [2.75, 3.05) is 32.9 Å². The third-order valence-corrected chi connectivity index (χ3v) is 5.77. The maximum Gasteiger partial charge on any atom is 0.309 e. The van der Waals surface area contributed by atoms with Crippen LogP contribution in [-0.2, 0) is 20.7 Å². The maximum absolute atomic E-state index is 12.7. The number of rotatable bonds is 4. The van der Waals surface area contributed by atoms with Gasteiger partial charge in [-0.3, -0.25) is 9.59 Å². The van der Waals surface area contributed by atoms with Crippen LogP contribution >= 0.6 is 0 Å². The van der Waals surface area contributed by atoms with Crippen LogP contribution < -0.4 is 9.47 Å². The highest BCUT2D eigenvalue weighted by atomic mass is 16.6. The summed E-state index contributed by atoms with van der Waals surface area (Å²) in [5, 5.41) is 9.34. The van der Waals surface area contributed by atoms with Crippen LogP contribution in [0, 0.1) is 11.8 Å². The molecule has 1 N–H and O–H groups in total. The molecule has 1 aromatic rings. The Bertz CT molecular complexity index is 712. The number of fused-ring (bicyclic) bond motifs is 1. The molecule has 2 saturated heterocycles. The molecule has 7 heteroatoms. The molecule has 0 aromatic heterocycles. The van der Waals surface area contributed by atoms with Gasteiger partial charge in [-0.25, -0.2) is 0 Å². The lowest BCUT2D eigenvalue weighted by molar-refractivity contribution is -0.145. The van der Waals surface area contributed by atoms with E-state index in [2.05, 4.69) is 0 Å². The van der Waals surface area contributed by atoms with Gasteiger partial charge in [-0.15, -0.1) is 0 Å². The number of piperidine rings is 1. The fourth-order valence-corrected chi connectivity index (χ4v) is 4.30. The third-order valence-electron chi connectivity index (χ3n) is 5.77. The van der Waals surface area contributed by atoms with Crippen molar-refractivity contribution in [1.29, 1.82) is 0 Å². The SMILES string of the molecule is O=C(O)C1CCO[C@H]1C1CCN(C(=O)Cc2ccc3c(c2)OCCO3)CC1. The van der Waals surface area contributed by atoms with Crippen molar-refractivity contribution < 1.29 is 28.9 Å². The summed E-state index contributed by atoms with van der Waals surface area (Å²) in [6, 6.07) is 5.64. The molecule has 1 unspecified atom stereocenters. The number of carboxylic acids is 1. The van der Waals surface area contributed by atoms with Gasteiger partial charge < -0.3 is 24.2 Å². The molecular formula is C20H25NO6. The molecule has 3 aliphatic rings. The monoisotopic (exact) mass is 375 g/mol. The quantitative estimate of drug-likeness (QED) is 0.863. The van der Waals surface area contributed by atoms with Crippen LogP contribution in [0.4, 0.5) is 0 Å². The highest BCUT2D eigenvalue weighted by molar-refractivity contribution is 5.79. The molecule has 1 amide bonds. The summed E-state index contributed by atoms with van der Waals surface area (Å²) in [6.07, 6.45) is 2.29. The number of carbonyl (C=O) groups is 2. The number of hydrogen-bond acceptors (Lipinski definition) is 5. The summed E-state index contributed by atoms with van der Waals surface area (Å²) in [5.74, 6) is 0.551. The second-order valence-corrected chi connectivity index (χ2v) is 7.44. The molecule has 2 atom stereocenters. The van der Waals surface area contributed by atoms with E-state index in [4.69, 9.17) is 14.2 Å². The highest BCUT2D eigenvalue weighted by Crippen LogP contribution is 2.34. The zero-order valence-electron chi connectivity index (χ0n) is 15.3. The Morgan fingerprint density at radius 2 is 1.78 bits per heavy atom. The summed E-state index contributed by atoms with van der Waals surface area (Å²) in [7, 11) is 0.